The average molecular weight is 356 g/mol. The second-order valence-corrected chi connectivity index (χ2v) is 6.02. The first-order valence-corrected chi connectivity index (χ1v) is 8.24. The summed E-state index contributed by atoms with van der Waals surface area (Å²) in [7, 11) is 6.26. The second kappa shape index (κ2) is 7.15. The van der Waals surface area contributed by atoms with E-state index in [9.17, 15) is 4.79 Å². The van der Waals surface area contributed by atoms with Crippen LogP contribution in [0.1, 0.15) is 18.5 Å². The van der Waals surface area contributed by atoms with Gasteiger partial charge in [0.05, 0.1) is 46.1 Å². The van der Waals surface area contributed by atoms with Crippen LogP contribution in [0.4, 0.5) is 5.69 Å². The summed E-state index contributed by atoms with van der Waals surface area (Å²) in [5.74, 6) is 2.08. The summed E-state index contributed by atoms with van der Waals surface area (Å²) in [6, 6.07) is 12.2. The first-order valence-electron chi connectivity index (χ1n) is 8.24. The van der Waals surface area contributed by atoms with E-state index in [-0.39, 0.29) is 17.9 Å². The second-order valence-electron chi connectivity index (χ2n) is 6.02. The first kappa shape index (κ1) is 17.9. The maximum atomic E-state index is 12.6. The zero-order valence-electron chi connectivity index (χ0n) is 15.5. The third kappa shape index (κ3) is 2.81. The molecule has 1 heterocycles. The van der Waals surface area contributed by atoms with E-state index in [0.717, 1.165) is 5.56 Å². The molecule has 0 unspecified atom stereocenters. The van der Waals surface area contributed by atoms with E-state index < -0.39 is 0 Å². The predicted octanol–water partition coefficient (Wildman–Crippen LogP) is 3.25. The van der Waals surface area contributed by atoms with Crippen molar-refractivity contribution in [3.8, 4) is 23.0 Å². The van der Waals surface area contributed by atoms with Gasteiger partial charge in [-0.1, -0.05) is 13.0 Å². The Morgan fingerprint density at radius 1 is 0.962 bits per heavy atom. The van der Waals surface area contributed by atoms with Crippen molar-refractivity contribution >= 4 is 11.6 Å². The normalized spacial score (nSPS) is 19.0. The molecule has 1 aliphatic heterocycles. The smallest absolute Gasteiger partial charge is 0.232 e. The van der Waals surface area contributed by atoms with Crippen LogP contribution < -0.4 is 23.8 Å². The van der Waals surface area contributed by atoms with Gasteiger partial charge >= 0.3 is 0 Å². The van der Waals surface area contributed by atoms with Gasteiger partial charge in [0.25, 0.3) is 0 Å². The lowest BCUT2D eigenvalue weighted by Gasteiger charge is -2.46. The number of amides is 1. The monoisotopic (exact) mass is 356 g/mol. The standard InChI is InChI=1S/C20H22NO5/c1-12-18(13-6-8-15(23-2)9-7-13)21(20(12)22)14-10-16(24-3)19(26-5)17(11-14)25-4/h6-8,10-12,18H,1-5H3/t12-,18-/m1/s1. The number of anilines is 1. The lowest BCUT2D eigenvalue weighted by atomic mass is 9.83. The largest absolute Gasteiger partial charge is 0.496 e. The number of nitrogens with zero attached hydrogens (tertiary/aromatic N) is 1. The molecule has 0 N–H and O–H groups in total. The fourth-order valence-corrected chi connectivity index (χ4v) is 3.30. The molecule has 2 aromatic carbocycles. The number of ether oxygens (including phenoxy) is 4. The topological polar surface area (TPSA) is 57.2 Å². The maximum Gasteiger partial charge on any atom is 0.232 e. The molecule has 2 atom stereocenters. The number of hydrogen-bond acceptors (Lipinski definition) is 5. The fraction of sp³-hybridized carbons (Fsp3) is 0.350. The van der Waals surface area contributed by atoms with Crippen LogP contribution in [0.2, 0.25) is 0 Å². The summed E-state index contributed by atoms with van der Waals surface area (Å²) in [4.78, 5) is 14.3. The van der Waals surface area contributed by atoms with Gasteiger partial charge in [-0.15, -0.1) is 0 Å². The van der Waals surface area contributed by atoms with Gasteiger partial charge in [0.2, 0.25) is 11.7 Å². The molecule has 2 aromatic rings. The van der Waals surface area contributed by atoms with E-state index in [1.807, 2.05) is 25.1 Å². The average Bonchev–Trinajstić information content (AvgIpc) is 2.70. The summed E-state index contributed by atoms with van der Waals surface area (Å²) in [5, 5.41) is 0. The Kier molecular flexibility index (Phi) is 4.93. The van der Waals surface area contributed by atoms with Crippen LogP contribution in [-0.2, 0) is 4.79 Å². The van der Waals surface area contributed by atoms with Crippen LogP contribution in [0, 0.1) is 12.0 Å². The van der Waals surface area contributed by atoms with Gasteiger partial charge in [-0.05, 0) is 17.7 Å². The van der Waals surface area contributed by atoms with E-state index in [2.05, 4.69) is 6.07 Å². The molecule has 0 spiro atoms. The van der Waals surface area contributed by atoms with E-state index in [1.165, 1.54) is 0 Å². The van der Waals surface area contributed by atoms with Crippen molar-refractivity contribution in [3.63, 3.8) is 0 Å². The highest BCUT2D eigenvalue weighted by atomic mass is 16.5. The minimum Gasteiger partial charge on any atom is -0.496 e. The Balaban J connectivity index is 2.02. The van der Waals surface area contributed by atoms with E-state index in [1.54, 1.807) is 45.5 Å². The number of benzene rings is 2. The van der Waals surface area contributed by atoms with Gasteiger partial charge in [-0.2, -0.15) is 0 Å². The number of carbonyl (C=O) groups excluding carboxylic acids is 1. The molecule has 0 aliphatic carbocycles. The summed E-state index contributed by atoms with van der Waals surface area (Å²) < 4.78 is 21.3. The van der Waals surface area contributed by atoms with E-state index in [0.29, 0.717) is 28.7 Å². The Bertz CT molecular complexity index is 777. The first-order chi connectivity index (χ1) is 12.5. The van der Waals surface area contributed by atoms with Crippen molar-refractivity contribution in [2.24, 2.45) is 5.92 Å². The van der Waals surface area contributed by atoms with Crippen molar-refractivity contribution in [1.82, 2.24) is 0 Å². The van der Waals surface area contributed by atoms with Crippen molar-refractivity contribution in [1.29, 1.82) is 0 Å². The minimum atomic E-state index is -0.129. The van der Waals surface area contributed by atoms with E-state index >= 15 is 0 Å². The SMILES string of the molecule is COc1[c]cc([C@H]2[C@@H](C)C(=O)N2c2cc(OC)c(OC)c(OC)c2)cc1. The lowest BCUT2D eigenvalue weighted by molar-refractivity contribution is -0.129. The van der Waals surface area contributed by atoms with Crippen LogP contribution in [0.25, 0.3) is 0 Å². The quantitative estimate of drug-likeness (QED) is 0.744. The van der Waals surface area contributed by atoms with E-state index in [4.69, 9.17) is 18.9 Å². The predicted molar refractivity (Wildman–Crippen MR) is 97.3 cm³/mol. The molecule has 0 saturated carbocycles. The van der Waals surface area contributed by atoms with Gasteiger partial charge in [-0.25, -0.2) is 0 Å². The van der Waals surface area contributed by atoms with Crippen LogP contribution in [0.3, 0.4) is 0 Å². The molecule has 1 fully saturated rings. The lowest BCUT2D eigenvalue weighted by Crippen LogP contribution is -2.54. The molecule has 0 bridgehead atoms. The zero-order valence-corrected chi connectivity index (χ0v) is 15.5. The molecule has 137 valence electrons. The highest BCUT2D eigenvalue weighted by Crippen LogP contribution is 2.48. The van der Waals surface area contributed by atoms with Crippen LogP contribution in [0.15, 0.2) is 30.3 Å². The van der Waals surface area contributed by atoms with Crippen LogP contribution in [0.5, 0.6) is 23.0 Å². The molecule has 1 saturated heterocycles. The van der Waals surface area contributed by atoms with Gasteiger partial charge < -0.3 is 23.8 Å². The number of carbonyl (C=O) groups is 1. The van der Waals surface area contributed by atoms with Crippen molar-refractivity contribution in [2.75, 3.05) is 33.3 Å². The van der Waals surface area contributed by atoms with Crippen LogP contribution in [-0.4, -0.2) is 34.3 Å². The minimum absolute atomic E-state index is 0.0418. The molecule has 26 heavy (non-hydrogen) atoms. The molecular formula is C20H22NO5. The molecule has 0 aromatic heterocycles. The van der Waals surface area contributed by atoms with Gasteiger partial charge in [0.1, 0.15) is 5.75 Å². The maximum absolute atomic E-state index is 12.6. The van der Waals surface area contributed by atoms with Crippen molar-refractivity contribution in [3.05, 3.63) is 42.0 Å². The van der Waals surface area contributed by atoms with Gasteiger partial charge in [0.15, 0.2) is 11.5 Å². The third-order valence-electron chi connectivity index (χ3n) is 4.68. The number of β-lactam (4-membered cyclic amide) rings is 1. The fourth-order valence-electron chi connectivity index (χ4n) is 3.30. The third-order valence-corrected chi connectivity index (χ3v) is 4.68. The van der Waals surface area contributed by atoms with Crippen LogP contribution >= 0.6 is 0 Å². The molecule has 1 radical (unpaired) electrons. The molecule has 6 nitrogen and oxygen atoms in total. The van der Waals surface area contributed by atoms with Gasteiger partial charge in [0, 0.05) is 18.2 Å². The number of rotatable bonds is 6. The number of hydrogen-bond donors (Lipinski definition) is 0. The summed E-state index contributed by atoms with van der Waals surface area (Å²) in [5.41, 5.74) is 1.69. The van der Waals surface area contributed by atoms with Gasteiger partial charge in [-0.3, -0.25) is 4.79 Å². The summed E-state index contributed by atoms with van der Waals surface area (Å²) in [6.07, 6.45) is 0. The Morgan fingerprint density at radius 2 is 1.62 bits per heavy atom. The molecule has 6 heteroatoms. The molecule has 1 aliphatic rings. The molecule has 3 rings (SSSR count). The summed E-state index contributed by atoms with van der Waals surface area (Å²) >= 11 is 0. The van der Waals surface area contributed by atoms with Crippen molar-refractivity contribution in [2.45, 2.75) is 13.0 Å². The van der Waals surface area contributed by atoms with Crippen molar-refractivity contribution < 1.29 is 23.7 Å². The Morgan fingerprint density at radius 3 is 2.08 bits per heavy atom. The highest BCUT2D eigenvalue weighted by Gasteiger charge is 2.46. The molecule has 1 amide bonds. The Labute approximate surface area is 153 Å². The number of methoxy groups -OCH3 is 4. The highest BCUT2D eigenvalue weighted by molar-refractivity contribution is 6.03. The Hall–Kier alpha value is -2.89. The molecular weight excluding hydrogens is 334 g/mol. The zero-order chi connectivity index (χ0) is 18.8. The summed E-state index contributed by atoms with van der Waals surface area (Å²) in [6.45, 7) is 1.92.